The van der Waals surface area contributed by atoms with E-state index in [1.165, 1.54) is 32.1 Å². The van der Waals surface area contributed by atoms with Crippen LogP contribution < -0.4 is 29.6 Å². The van der Waals surface area contributed by atoms with Gasteiger partial charge in [0, 0.05) is 0 Å². The molecular weight excluding hydrogens is 195 g/mol. The van der Waals surface area contributed by atoms with Gasteiger partial charge in [0.1, 0.15) is 0 Å². The Morgan fingerprint density at radius 3 is 1.73 bits per heavy atom. The zero-order valence-electron chi connectivity index (χ0n) is 11.4. The van der Waals surface area contributed by atoms with Crippen LogP contribution in [0.25, 0.3) is 0 Å². The molecule has 15 heavy (non-hydrogen) atoms. The van der Waals surface area contributed by atoms with Crippen LogP contribution in [-0.4, -0.2) is 10.7 Å². The molecule has 82 valence electrons. The summed E-state index contributed by atoms with van der Waals surface area (Å²) < 4.78 is 0. The van der Waals surface area contributed by atoms with Crippen LogP contribution in [0.1, 0.15) is 47.4 Å². The summed E-state index contributed by atoms with van der Waals surface area (Å²) >= 11 is 0. The third kappa shape index (κ3) is 1.66. The van der Waals surface area contributed by atoms with Gasteiger partial charge in [0.25, 0.3) is 0 Å². The summed E-state index contributed by atoms with van der Waals surface area (Å²) in [5.74, 6) is 3.67. The molecule has 0 unspecified atom stereocenters. The molecule has 4 rings (SSSR count). The van der Waals surface area contributed by atoms with E-state index in [1.807, 2.05) is 0 Å². The van der Waals surface area contributed by atoms with Gasteiger partial charge in [-0.1, -0.05) is 13.8 Å². The van der Waals surface area contributed by atoms with Crippen molar-refractivity contribution in [1.82, 2.24) is 0 Å². The van der Waals surface area contributed by atoms with Crippen molar-refractivity contribution in [3.8, 4) is 0 Å². The van der Waals surface area contributed by atoms with E-state index in [4.69, 9.17) is 0 Å². The van der Waals surface area contributed by atoms with E-state index >= 15 is 0 Å². The smallest absolute Gasteiger partial charge is 1.00 e. The Kier molecular flexibility index (Phi) is 3.32. The van der Waals surface area contributed by atoms with Gasteiger partial charge in [-0.25, -0.2) is 0 Å². The fraction of sp³-hybridized carbons (Fsp3) is 1.00. The number of hydrogen-bond donors (Lipinski definition) is 1. The molecule has 1 nitrogen and oxygen atoms in total. The summed E-state index contributed by atoms with van der Waals surface area (Å²) in [6, 6.07) is 0. The molecule has 4 aliphatic rings. The summed E-state index contributed by atoms with van der Waals surface area (Å²) in [4.78, 5) is 0. The molecule has 0 aromatic carbocycles. The van der Waals surface area contributed by atoms with Crippen LogP contribution in [0.15, 0.2) is 0 Å². The number of rotatable bonds is 1. The van der Waals surface area contributed by atoms with E-state index in [-0.39, 0.29) is 36.6 Å². The van der Waals surface area contributed by atoms with Gasteiger partial charge in [-0.05, 0) is 61.7 Å². The van der Waals surface area contributed by atoms with E-state index in [1.54, 1.807) is 0 Å². The van der Waals surface area contributed by atoms with Gasteiger partial charge < -0.3 is 6.53 Å². The zero-order chi connectivity index (χ0) is 9.92. The molecule has 4 bridgehead atoms. The third-order valence-electron chi connectivity index (χ3n) is 5.37. The van der Waals surface area contributed by atoms with Gasteiger partial charge in [-0.2, -0.15) is 0 Å². The summed E-state index contributed by atoms with van der Waals surface area (Å²) in [6.45, 7) is 4.42. The van der Waals surface area contributed by atoms with Crippen LogP contribution in [0.2, 0.25) is 0 Å². The quantitative estimate of drug-likeness (QED) is 0.612. The fourth-order valence-electron chi connectivity index (χ4n) is 4.88. The SMILES string of the molecule is CC(C)C1(O)C2CC3CC(C2)CC1C3.[H-].[Na+]. The second kappa shape index (κ2) is 4.01. The molecular formula is C13H23NaO. The minimum absolute atomic E-state index is 0. The molecule has 0 atom stereocenters. The molecule has 1 N–H and O–H groups in total. The monoisotopic (exact) mass is 218 g/mol. The minimum Gasteiger partial charge on any atom is -1.00 e. The third-order valence-corrected chi connectivity index (χ3v) is 5.37. The van der Waals surface area contributed by atoms with Crippen LogP contribution >= 0.6 is 0 Å². The second-order valence-corrected chi connectivity index (χ2v) is 6.35. The van der Waals surface area contributed by atoms with E-state index in [9.17, 15) is 5.11 Å². The van der Waals surface area contributed by atoms with Crippen molar-refractivity contribution in [3.05, 3.63) is 0 Å². The standard InChI is InChI=1S/C13H22O.Na.H/c1-8(2)13(14)11-4-9-3-10(6-11)7-12(13)5-9;;/h8-12,14H,3-7H2,1-2H3;;/q;+1;-1. The van der Waals surface area contributed by atoms with E-state index < -0.39 is 0 Å². The van der Waals surface area contributed by atoms with Gasteiger partial charge in [0.15, 0.2) is 0 Å². The van der Waals surface area contributed by atoms with Crippen molar-refractivity contribution in [2.75, 3.05) is 0 Å². The molecule has 0 radical (unpaired) electrons. The normalized spacial score (nSPS) is 52.0. The van der Waals surface area contributed by atoms with Crippen LogP contribution in [0.3, 0.4) is 0 Å². The van der Waals surface area contributed by atoms with Gasteiger partial charge in [-0.15, -0.1) is 0 Å². The Hall–Kier alpha value is 0.960. The number of hydrogen-bond acceptors (Lipinski definition) is 1. The topological polar surface area (TPSA) is 20.2 Å². The van der Waals surface area contributed by atoms with Crippen LogP contribution in [0.4, 0.5) is 0 Å². The molecule has 2 heteroatoms. The molecule has 0 heterocycles. The van der Waals surface area contributed by atoms with Gasteiger partial charge in [-0.3, -0.25) is 0 Å². The second-order valence-electron chi connectivity index (χ2n) is 6.35. The summed E-state index contributed by atoms with van der Waals surface area (Å²) in [5.41, 5.74) is -0.298. The summed E-state index contributed by atoms with van der Waals surface area (Å²) in [5, 5.41) is 10.9. The van der Waals surface area contributed by atoms with Crippen molar-refractivity contribution in [2.45, 2.75) is 51.6 Å². The van der Waals surface area contributed by atoms with Crippen molar-refractivity contribution < 1.29 is 36.1 Å². The fourth-order valence-corrected chi connectivity index (χ4v) is 4.88. The first-order valence-electron chi connectivity index (χ1n) is 6.33. The first-order chi connectivity index (χ1) is 6.60. The first kappa shape index (κ1) is 12.4. The molecule has 0 amide bonds. The van der Waals surface area contributed by atoms with E-state index in [2.05, 4.69) is 13.8 Å². The van der Waals surface area contributed by atoms with Crippen molar-refractivity contribution in [3.63, 3.8) is 0 Å². The van der Waals surface area contributed by atoms with Crippen molar-refractivity contribution in [1.29, 1.82) is 0 Å². The Bertz CT molecular complexity index is 226. The maximum atomic E-state index is 10.9. The maximum absolute atomic E-state index is 10.9. The molecule has 4 saturated carbocycles. The Balaban J connectivity index is 0.000000640. The average Bonchev–Trinajstić information content (AvgIpc) is 2.12. The molecule has 4 fully saturated rings. The Morgan fingerprint density at radius 2 is 1.40 bits per heavy atom. The van der Waals surface area contributed by atoms with Gasteiger partial charge in [0.05, 0.1) is 5.60 Å². The Morgan fingerprint density at radius 1 is 1.00 bits per heavy atom. The average molecular weight is 218 g/mol. The van der Waals surface area contributed by atoms with Crippen LogP contribution in [-0.2, 0) is 0 Å². The summed E-state index contributed by atoms with van der Waals surface area (Å²) in [7, 11) is 0. The first-order valence-corrected chi connectivity index (χ1v) is 6.33. The largest absolute Gasteiger partial charge is 1.00 e. The molecule has 0 saturated heterocycles. The molecule has 0 aromatic heterocycles. The predicted molar refractivity (Wildman–Crippen MR) is 57.9 cm³/mol. The molecule has 0 aromatic rings. The summed E-state index contributed by atoms with van der Waals surface area (Å²) in [6.07, 6.45) is 6.76. The van der Waals surface area contributed by atoms with Crippen LogP contribution in [0.5, 0.6) is 0 Å². The zero-order valence-corrected chi connectivity index (χ0v) is 12.4. The predicted octanol–water partition coefficient (Wildman–Crippen LogP) is -0.0539. The number of aliphatic hydroxyl groups is 1. The molecule has 4 aliphatic carbocycles. The Labute approximate surface area is 117 Å². The molecule has 0 spiro atoms. The molecule has 0 aliphatic heterocycles. The van der Waals surface area contributed by atoms with E-state index in [0.29, 0.717) is 17.8 Å². The van der Waals surface area contributed by atoms with Gasteiger partial charge >= 0.3 is 29.6 Å². The van der Waals surface area contributed by atoms with Crippen LogP contribution in [0, 0.1) is 29.6 Å². The van der Waals surface area contributed by atoms with Crippen molar-refractivity contribution in [2.24, 2.45) is 29.6 Å². The minimum atomic E-state index is -0.298. The van der Waals surface area contributed by atoms with E-state index in [0.717, 1.165) is 11.8 Å². The maximum Gasteiger partial charge on any atom is 1.00 e. The van der Waals surface area contributed by atoms with Crippen molar-refractivity contribution >= 4 is 0 Å². The van der Waals surface area contributed by atoms with Gasteiger partial charge in [0.2, 0.25) is 0 Å².